The van der Waals surface area contributed by atoms with Crippen LogP contribution in [0.25, 0.3) is 55.0 Å². The highest BCUT2D eigenvalue weighted by molar-refractivity contribution is 7.93. The van der Waals surface area contributed by atoms with Gasteiger partial charge in [-0.15, -0.1) is 0 Å². The number of hydrogen-bond acceptors (Lipinski definition) is 13. The van der Waals surface area contributed by atoms with Gasteiger partial charge in [0.05, 0.1) is 32.2 Å². The van der Waals surface area contributed by atoms with Gasteiger partial charge in [0.2, 0.25) is 0 Å². The van der Waals surface area contributed by atoms with Gasteiger partial charge >= 0.3 is 11.9 Å². The Labute approximate surface area is 458 Å². The van der Waals surface area contributed by atoms with Gasteiger partial charge in [0, 0.05) is 56.4 Å². The fourth-order valence-corrected chi connectivity index (χ4v) is 13.4. The first-order chi connectivity index (χ1) is 37.7. The Kier molecular flexibility index (Phi) is 13.4. The number of aromatic carboxylic acids is 2. The number of carboxylic acid groups (broad SMARTS) is 2. The molecular weight excluding hydrogens is 1080 g/mol. The van der Waals surface area contributed by atoms with Crippen LogP contribution in [0.2, 0.25) is 0 Å². The summed E-state index contributed by atoms with van der Waals surface area (Å²) in [6, 6.07) is 32.8. The number of aryl methyl sites for hydroxylation is 4. The second-order valence-corrected chi connectivity index (χ2v) is 24.1. The van der Waals surface area contributed by atoms with Crippen LogP contribution in [0.3, 0.4) is 0 Å². The Bertz CT molecular complexity index is 4750. The van der Waals surface area contributed by atoms with Gasteiger partial charge in [-0.2, -0.15) is 8.42 Å². The minimum atomic E-state index is -4.77. The van der Waals surface area contributed by atoms with Crippen molar-refractivity contribution in [1.29, 1.82) is 0 Å². The first-order valence-corrected chi connectivity index (χ1v) is 28.8. The number of rotatable bonds is 13. The summed E-state index contributed by atoms with van der Waals surface area (Å²) < 4.78 is 104. The lowest BCUT2D eigenvalue weighted by atomic mass is 9.93. The van der Waals surface area contributed by atoms with E-state index in [1.165, 1.54) is 72.8 Å². The van der Waals surface area contributed by atoms with E-state index in [2.05, 4.69) is 14.8 Å². The van der Waals surface area contributed by atoms with Crippen LogP contribution < -0.4 is 20.1 Å². The molecule has 406 valence electrons. The van der Waals surface area contributed by atoms with E-state index in [-0.39, 0.29) is 75.6 Å². The summed E-state index contributed by atoms with van der Waals surface area (Å²) in [5.74, 6) is -3.41. The maximum atomic E-state index is 14.0. The molecule has 1 heterocycles. The molecule has 8 aromatic rings. The van der Waals surface area contributed by atoms with Crippen LogP contribution in [0.4, 0.5) is 28.4 Å². The van der Waals surface area contributed by atoms with E-state index in [1.54, 1.807) is 88.4 Å². The molecule has 0 saturated heterocycles. The Morgan fingerprint density at radius 3 is 1.61 bits per heavy atom. The molecule has 0 saturated carbocycles. The van der Waals surface area contributed by atoms with E-state index in [9.17, 15) is 59.8 Å². The average molecular weight is 1130 g/mol. The molecular formula is C59H48N4O14S3. The van der Waals surface area contributed by atoms with Gasteiger partial charge in [-0.3, -0.25) is 14.0 Å². The van der Waals surface area contributed by atoms with Crippen LogP contribution >= 0.6 is 0 Å². The van der Waals surface area contributed by atoms with Gasteiger partial charge < -0.3 is 30.2 Å². The fourth-order valence-electron chi connectivity index (χ4n) is 10.3. The standard InChI is InChI=1S/C59H48N4O14S3/c1-29-23-31(3)56(62-78(70,71)39-15-19-41-35(25-39)11-21-46(64)52(41)58(66)67)33(5)54(29)60-37-13-17-43-48(27-37)77-49-28-38(14-18-44(49)51(43)45-9-7-8-10-50(45)80(74,75)76)61-55-30(2)24-32(4)57(34(55)6)63-79(72,73)40-16-20-42-36(26-40)12-22-47(65)53(42)59(68)69/h7-28,60,62-65H,1-6H3,(H,66,67)(H,68,69)(H,74,75,76). The van der Waals surface area contributed by atoms with Crippen LogP contribution in [-0.2, 0) is 30.2 Å². The third-order valence-electron chi connectivity index (χ3n) is 14.0. The van der Waals surface area contributed by atoms with E-state index in [4.69, 9.17) is 9.41 Å². The van der Waals surface area contributed by atoms with E-state index >= 15 is 0 Å². The van der Waals surface area contributed by atoms with Gasteiger partial charge in [0.1, 0.15) is 38.9 Å². The lowest BCUT2D eigenvalue weighted by Crippen LogP contribution is -2.15. The second kappa shape index (κ2) is 19.9. The largest absolute Gasteiger partial charge is 0.507 e. The minimum absolute atomic E-state index is 0.147. The molecule has 0 atom stereocenters. The van der Waals surface area contributed by atoms with Crippen LogP contribution in [0.5, 0.6) is 11.5 Å². The zero-order valence-electron chi connectivity index (χ0n) is 43.3. The predicted octanol–water partition coefficient (Wildman–Crippen LogP) is 12.0. The molecule has 10 rings (SSSR count). The summed E-state index contributed by atoms with van der Waals surface area (Å²) in [7, 11) is -13.3. The smallest absolute Gasteiger partial charge is 0.340 e. The van der Waals surface area contributed by atoms with E-state index in [1.807, 2.05) is 13.8 Å². The molecule has 1 aliphatic heterocycles. The van der Waals surface area contributed by atoms with E-state index < -0.39 is 53.6 Å². The molecule has 0 spiro atoms. The Hall–Kier alpha value is -9.28. The van der Waals surface area contributed by atoms with Crippen molar-refractivity contribution in [1.82, 2.24) is 0 Å². The van der Waals surface area contributed by atoms with Crippen molar-refractivity contribution in [3.63, 3.8) is 0 Å². The molecule has 0 unspecified atom stereocenters. The molecule has 8 aromatic carbocycles. The number of anilines is 4. The summed E-state index contributed by atoms with van der Waals surface area (Å²) in [6.45, 7) is 10.6. The van der Waals surface area contributed by atoms with Crippen LogP contribution in [0.1, 0.15) is 54.1 Å². The monoisotopic (exact) mass is 1130 g/mol. The number of hydrogen-bond donors (Lipinski definition) is 8. The molecule has 80 heavy (non-hydrogen) atoms. The van der Waals surface area contributed by atoms with Crippen molar-refractivity contribution >= 4 is 103 Å². The SMILES string of the molecule is Cc1cc(C)c(NS(=O)(=O)c2ccc3c(C(=O)O)c(O)ccc3c2)c(C)c1N=c1ccc2c(-c3ccccc3S(=O)(=O)O)c3ccc(Nc4c(C)cc(C)c(NS(=O)(=O)c5ccc6c(C(=O)O)c(O)ccc6c5)c4C)cc3oc-2c1. The lowest BCUT2D eigenvalue weighted by Gasteiger charge is -2.21. The van der Waals surface area contributed by atoms with Crippen molar-refractivity contribution in [2.24, 2.45) is 4.99 Å². The Balaban J connectivity index is 1.05. The number of sulfonamides is 2. The zero-order chi connectivity index (χ0) is 57.5. The lowest BCUT2D eigenvalue weighted by molar-refractivity contribution is 0.0684. The number of benzene rings is 9. The highest BCUT2D eigenvalue weighted by atomic mass is 32.2. The minimum Gasteiger partial charge on any atom is -0.507 e. The summed E-state index contributed by atoms with van der Waals surface area (Å²) in [6.07, 6.45) is 0. The maximum absolute atomic E-state index is 14.0. The van der Waals surface area contributed by atoms with Gasteiger partial charge in [-0.1, -0.05) is 54.6 Å². The summed E-state index contributed by atoms with van der Waals surface area (Å²) in [4.78, 5) is 28.1. The summed E-state index contributed by atoms with van der Waals surface area (Å²) in [5, 5.41) is 44.9. The number of nitrogens with zero attached hydrogens (tertiary/aromatic N) is 1. The van der Waals surface area contributed by atoms with Crippen molar-refractivity contribution in [3.05, 3.63) is 183 Å². The highest BCUT2D eigenvalue weighted by Gasteiger charge is 2.27. The normalized spacial score (nSPS) is 12.4. The molecule has 2 aliphatic rings. The molecule has 18 nitrogen and oxygen atoms in total. The van der Waals surface area contributed by atoms with E-state index in [0.29, 0.717) is 66.7 Å². The Morgan fingerprint density at radius 2 is 1.05 bits per heavy atom. The quantitative estimate of drug-likeness (QED) is 0.0393. The number of phenols is 2. The number of carboxylic acids is 2. The van der Waals surface area contributed by atoms with E-state index in [0.717, 1.165) is 5.56 Å². The molecule has 0 amide bonds. The number of aromatic hydroxyl groups is 2. The van der Waals surface area contributed by atoms with Gasteiger partial charge in [0.15, 0.2) is 0 Å². The van der Waals surface area contributed by atoms with Gasteiger partial charge in [0.25, 0.3) is 30.2 Å². The molecule has 0 bridgehead atoms. The summed E-state index contributed by atoms with van der Waals surface area (Å²) >= 11 is 0. The molecule has 0 aromatic heterocycles. The van der Waals surface area contributed by atoms with Crippen molar-refractivity contribution in [3.8, 4) is 33.9 Å². The summed E-state index contributed by atoms with van der Waals surface area (Å²) in [5.41, 5.74) is 6.22. The average Bonchev–Trinajstić information content (AvgIpc) is 3.54. The van der Waals surface area contributed by atoms with Crippen LogP contribution in [0, 0.1) is 41.5 Å². The van der Waals surface area contributed by atoms with Gasteiger partial charge in [-0.25, -0.2) is 31.4 Å². The second-order valence-electron chi connectivity index (χ2n) is 19.3. The predicted molar refractivity (Wildman–Crippen MR) is 305 cm³/mol. The number of carbonyl (C=O) groups is 2. The maximum Gasteiger partial charge on any atom is 0.340 e. The molecule has 0 radical (unpaired) electrons. The fraction of sp³-hybridized carbons (Fsp3) is 0.102. The van der Waals surface area contributed by atoms with Gasteiger partial charge in [-0.05, 0) is 152 Å². The third-order valence-corrected chi connectivity index (χ3v) is 17.6. The molecule has 21 heteroatoms. The molecule has 8 N–H and O–H groups in total. The van der Waals surface area contributed by atoms with Crippen LogP contribution in [0.15, 0.2) is 158 Å². The Morgan fingerprint density at radius 1 is 0.525 bits per heavy atom. The molecule has 1 aliphatic carbocycles. The van der Waals surface area contributed by atoms with Crippen molar-refractivity contribution in [2.75, 3.05) is 14.8 Å². The zero-order valence-corrected chi connectivity index (χ0v) is 45.7. The van der Waals surface area contributed by atoms with Crippen molar-refractivity contribution in [2.45, 2.75) is 56.2 Å². The number of fused-ring (bicyclic) bond motifs is 4. The third kappa shape index (κ3) is 9.76. The van der Waals surface area contributed by atoms with Crippen LogP contribution in [-0.4, -0.2) is 62.2 Å². The first kappa shape index (κ1) is 54.1. The number of nitrogens with one attached hydrogen (secondary N) is 3. The molecule has 0 fully saturated rings. The van der Waals surface area contributed by atoms with Crippen molar-refractivity contribution < 1.29 is 64.2 Å². The highest BCUT2D eigenvalue weighted by Crippen LogP contribution is 2.44. The topological polar surface area (TPSA) is 299 Å². The first-order valence-electron chi connectivity index (χ1n) is 24.4.